The average Bonchev–Trinajstić information content (AvgIpc) is 2.58. The van der Waals surface area contributed by atoms with Gasteiger partial charge in [-0.1, -0.05) is 0 Å². The monoisotopic (exact) mass is 244 g/mol. The molecule has 0 N–H and O–H groups in total. The van der Waals surface area contributed by atoms with Crippen molar-refractivity contribution in [3.8, 4) is 6.07 Å². The summed E-state index contributed by atoms with van der Waals surface area (Å²) < 4.78 is 5.50. The minimum Gasteiger partial charge on any atom is -0.436 e. The molecule has 0 aliphatic heterocycles. The maximum Gasteiger partial charge on any atom is 0.260 e. The normalized spacial score (nSPS) is 10.2. The summed E-state index contributed by atoms with van der Waals surface area (Å²) in [7, 11) is 0. The Labute approximate surface area is 104 Å². The predicted octanol–water partition coefficient (Wildman–Crippen LogP) is 3.62. The van der Waals surface area contributed by atoms with Crippen molar-refractivity contribution in [1.82, 2.24) is 4.98 Å². The molecule has 2 rings (SSSR count). The van der Waals surface area contributed by atoms with E-state index < -0.39 is 0 Å². The molecule has 3 nitrogen and oxygen atoms in total. The maximum atomic E-state index is 8.85. The highest BCUT2D eigenvalue weighted by molar-refractivity contribution is 7.99. The molecule has 17 heavy (non-hydrogen) atoms. The highest BCUT2D eigenvalue weighted by atomic mass is 32.2. The van der Waals surface area contributed by atoms with Crippen LogP contribution < -0.4 is 0 Å². The molecule has 0 spiro atoms. The predicted molar refractivity (Wildman–Crippen MR) is 66.0 cm³/mol. The van der Waals surface area contributed by atoms with Crippen LogP contribution in [0.4, 0.5) is 0 Å². The van der Waals surface area contributed by atoms with Crippen LogP contribution in [0.3, 0.4) is 0 Å². The van der Waals surface area contributed by atoms with Crippen LogP contribution in [-0.2, 0) is 0 Å². The second kappa shape index (κ2) is 4.64. The first kappa shape index (κ1) is 11.7. The van der Waals surface area contributed by atoms with Gasteiger partial charge in [0.25, 0.3) is 5.22 Å². The number of nitriles is 1. The lowest BCUT2D eigenvalue weighted by molar-refractivity contribution is 0.431. The standard InChI is InChI=1S/C13H12N2OS/c1-8-6-12(5-4-11(8)7-14)17-13-15-9(2)10(3)16-13/h4-6H,1-3H3. The van der Waals surface area contributed by atoms with E-state index in [0.29, 0.717) is 10.8 Å². The van der Waals surface area contributed by atoms with E-state index in [2.05, 4.69) is 11.1 Å². The van der Waals surface area contributed by atoms with Crippen molar-refractivity contribution in [3.63, 3.8) is 0 Å². The van der Waals surface area contributed by atoms with Gasteiger partial charge in [-0.3, -0.25) is 0 Å². The lowest BCUT2D eigenvalue weighted by Crippen LogP contribution is -1.82. The Balaban J connectivity index is 2.25. The lowest BCUT2D eigenvalue weighted by atomic mass is 10.1. The molecular weight excluding hydrogens is 232 g/mol. The molecule has 0 fully saturated rings. The first-order valence-corrected chi connectivity index (χ1v) is 6.04. The molecule has 0 bridgehead atoms. The van der Waals surface area contributed by atoms with Crippen LogP contribution in [0.15, 0.2) is 32.7 Å². The van der Waals surface area contributed by atoms with Crippen LogP contribution >= 0.6 is 11.8 Å². The van der Waals surface area contributed by atoms with Gasteiger partial charge in [-0.15, -0.1) is 0 Å². The number of aromatic nitrogens is 1. The maximum absolute atomic E-state index is 8.85. The topological polar surface area (TPSA) is 49.8 Å². The highest BCUT2D eigenvalue weighted by Crippen LogP contribution is 2.29. The molecule has 0 aliphatic rings. The van der Waals surface area contributed by atoms with E-state index in [1.807, 2.05) is 39.0 Å². The van der Waals surface area contributed by atoms with E-state index in [9.17, 15) is 0 Å². The summed E-state index contributed by atoms with van der Waals surface area (Å²) >= 11 is 1.47. The van der Waals surface area contributed by atoms with Crippen LogP contribution in [0.5, 0.6) is 0 Å². The summed E-state index contributed by atoms with van der Waals surface area (Å²) in [5.41, 5.74) is 2.59. The van der Waals surface area contributed by atoms with Gasteiger partial charge < -0.3 is 4.42 Å². The summed E-state index contributed by atoms with van der Waals surface area (Å²) in [5, 5.41) is 9.49. The van der Waals surface area contributed by atoms with E-state index >= 15 is 0 Å². The number of rotatable bonds is 2. The molecule has 0 aliphatic carbocycles. The number of aryl methyl sites for hydroxylation is 3. The van der Waals surface area contributed by atoms with Crippen molar-refractivity contribution in [2.24, 2.45) is 0 Å². The van der Waals surface area contributed by atoms with Gasteiger partial charge in [0.05, 0.1) is 17.3 Å². The van der Waals surface area contributed by atoms with Crippen molar-refractivity contribution in [3.05, 3.63) is 40.8 Å². The molecule has 0 saturated carbocycles. The van der Waals surface area contributed by atoms with Crippen molar-refractivity contribution in [2.45, 2.75) is 30.9 Å². The number of hydrogen-bond acceptors (Lipinski definition) is 4. The lowest BCUT2D eigenvalue weighted by Gasteiger charge is -2.00. The van der Waals surface area contributed by atoms with Gasteiger partial charge in [-0.25, -0.2) is 4.98 Å². The Hall–Kier alpha value is -1.73. The molecular formula is C13H12N2OS. The quantitative estimate of drug-likeness (QED) is 0.809. The molecule has 1 aromatic carbocycles. The second-order valence-electron chi connectivity index (χ2n) is 3.81. The third-order valence-electron chi connectivity index (χ3n) is 2.53. The highest BCUT2D eigenvalue weighted by Gasteiger charge is 2.08. The van der Waals surface area contributed by atoms with Crippen LogP contribution in [0, 0.1) is 32.1 Å². The Bertz CT molecular complexity index is 576. The minimum atomic E-state index is 0.643. The SMILES string of the molecule is Cc1cc(Sc2nc(C)c(C)o2)ccc1C#N. The minimum absolute atomic E-state index is 0.643. The Kier molecular flexibility index (Phi) is 3.21. The van der Waals surface area contributed by atoms with Crippen molar-refractivity contribution >= 4 is 11.8 Å². The zero-order chi connectivity index (χ0) is 12.4. The first-order chi connectivity index (χ1) is 8.10. The fourth-order valence-electron chi connectivity index (χ4n) is 1.41. The molecule has 4 heteroatoms. The van der Waals surface area contributed by atoms with E-state index in [1.54, 1.807) is 0 Å². The average molecular weight is 244 g/mol. The Morgan fingerprint density at radius 2 is 2.06 bits per heavy atom. The van der Waals surface area contributed by atoms with Gasteiger partial charge in [0.2, 0.25) is 0 Å². The molecule has 0 atom stereocenters. The molecule has 0 saturated heterocycles. The zero-order valence-electron chi connectivity index (χ0n) is 9.94. The summed E-state index contributed by atoms with van der Waals surface area (Å²) in [5.74, 6) is 0.845. The van der Waals surface area contributed by atoms with Gasteiger partial charge in [0.15, 0.2) is 0 Å². The van der Waals surface area contributed by atoms with E-state index in [0.717, 1.165) is 21.9 Å². The van der Waals surface area contributed by atoms with Crippen LogP contribution in [0.2, 0.25) is 0 Å². The molecule has 0 unspecified atom stereocenters. The molecule has 0 amide bonds. The Morgan fingerprint density at radius 3 is 2.59 bits per heavy atom. The summed E-state index contributed by atoms with van der Waals surface area (Å²) in [6, 6.07) is 7.85. The van der Waals surface area contributed by atoms with Gasteiger partial charge in [0, 0.05) is 4.90 Å². The van der Waals surface area contributed by atoms with Gasteiger partial charge in [-0.2, -0.15) is 5.26 Å². The van der Waals surface area contributed by atoms with E-state index in [1.165, 1.54) is 11.8 Å². The van der Waals surface area contributed by atoms with Gasteiger partial charge in [-0.05, 0) is 56.3 Å². The smallest absolute Gasteiger partial charge is 0.260 e. The fraction of sp³-hybridized carbons (Fsp3) is 0.231. The molecule has 1 aromatic heterocycles. The van der Waals surface area contributed by atoms with Gasteiger partial charge in [0.1, 0.15) is 5.76 Å². The summed E-state index contributed by atoms with van der Waals surface area (Å²) in [6.45, 7) is 5.75. The molecule has 1 heterocycles. The largest absolute Gasteiger partial charge is 0.436 e. The summed E-state index contributed by atoms with van der Waals surface area (Å²) in [6.07, 6.45) is 0. The third kappa shape index (κ3) is 2.51. The Morgan fingerprint density at radius 1 is 1.29 bits per heavy atom. The van der Waals surface area contributed by atoms with Crippen LogP contribution in [0.1, 0.15) is 22.6 Å². The second-order valence-corrected chi connectivity index (χ2v) is 4.84. The zero-order valence-corrected chi connectivity index (χ0v) is 10.8. The fourth-order valence-corrected chi connectivity index (χ4v) is 2.34. The number of nitrogens with zero attached hydrogens (tertiary/aromatic N) is 2. The van der Waals surface area contributed by atoms with Gasteiger partial charge >= 0.3 is 0 Å². The number of benzene rings is 1. The molecule has 2 aromatic rings. The van der Waals surface area contributed by atoms with Crippen LogP contribution in [0.25, 0.3) is 0 Å². The first-order valence-electron chi connectivity index (χ1n) is 5.23. The van der Waals surface area contributed by atoms with E-state index in [4.69, 9.17) is 9.68 Å². The summed E-state index contributed by atoms with van der Waals surface area (Å²) in [4.78, 5) is 5.34. The number of hydrogen-bond donors (Lipinski definition) is 0. The van der Waals surface area contributed by atoms with Crippen LogP contribution in [-0.4, -0.2) is 4.98 Å². The van der Waals surface area contributed by atoms with E-state index in [-0.39, 0.29) is 0 Å². The molecule has 86 valence electrons. The third-order valence-corrected chi connectivity index (χ3v) is 3.37. The molecule has 0 radical (unpaired) electrons. The van der Waals surface area contributed by atoms with Crippen molar-refractivity contribution < 1.29 is 4.42 Å². The van der Waals surface area contributed by atoms with Crippen molar-refractivity contribution in [1.29, 1.82) is 5.26 Å². The van der Waals surface area contributed by atoms with Crippen molar-refractivity contribution in [2.75, 3.05) is 0 Å². The number of oxazole rings is 1.